The molecular formula is C30H37N8O10S2+. The minimum absolute atomic E-state index is 0.0213. The van der Waals surface area contributed by atoms with Gasteiger partial charge in [-0.2, -0.15) is 14.0 Å². The standard InChI is InChI=1S/C30H36N8O10S2/c1-15-16(10-18(39)6-5-8-32-9-7-21(41)42)12-37(36(15)4)13-17-14-49-26-19(25(43)38(26)23(17)27(44)45)11-20(40)22(24-33-29(31)50-35-24)34-48-30(2,3)28(46)47/h9,12,19,26H,5-8,10-11,13-14H2,1-4H3,(H4-,31,33,35,41,42,44,45,46,47)/p+1/b32-9?,34-22+/t19-,26-/m1/s1. The highest BCUT2D eigenvalue weighted by molar-refractivity contribution is 8.00. The second-order valence-electron chi connectivity index (χ2n) is 12.1. The first kappa shape index (κ1) is 37.8. The van der Waals surface area contributed by atoms with Crippen LogP contribution in [0.4, 0.5) is 5.13 Å². The van der Waals surface area contributed by atoms with E-state index in [-0.39, 0.29) is 60.4 Å². The number of hydrogen-bond donors (Lipinski definition) is 4. The summed E-state index contributed by atoms with van der Waals surface area (Å²) >= 11 is 2.09. The third-order valence-corrected chi connectivity index (χ3v) is 10.0. The molecule has 4 heterocycles. The van der Waals surface area contributed by atoms with E-state index in [1.807, 2.05) is 6.92 Å². The fourth-order valence-corrected chi connectivity index (χ4v) is 7.00. The maximum absolute atomic E-state index is 13.4. The molecule has 0 aromatic carbocycles. The van der Waals surface area contributed by atoms with Crippen LogP contribution in [0.25, 0.3) is 0 Å². The van der Waals surface area contributed by atoms with Crippen molar-refractivity contribution in [2.75, 3.05) is 18.0 Å². The number of carbonyl (C=O) groups is 6. The fraction of sp³-hybridized carbons (Fsp3) is 0.500. The lowest BCUT2D eigenvalue weighted by Crippen LogP contribution is -2.62. The lowest BCUT2D eigenvalue weighted by molar-refractivity contribution is -0.767. The highest BCUT2D eigenvalue weighted by Crippen LogP contribution is 2.45. The van der Waals surface area contributed by atoms with Gasteiger partial charge in [-0.1, -0.05) is 5.16 Å². The molecule has 0 radical (unpaired) electrons. The number of amides is 1. The summed E-state index contributed by atoms with van der Waals surface area (Å²) in [4.78, 5) is 88.3. The summed E-state index contributed by atoms with van der Waals surface area (Å²) < 4.78 is 7.55. The van der Waals surface area contributed by atoms with E-state index in [2.05, 4.69) is 19.5 Å². The lowest BCUT2D eigenvalue weighted by atomic mass is 9.89. The largest absolute Gasteiger partial charge is 0.481 e. The number of rotatable bonds is 18. The van der Waals surface area contributed by atoms with Crippen LogP contribution in [-0.4, -0.2) is 105 Å². The summed E-state index contributed by atoms with van der Waals surface area (Å²) in [5.74, 6) is -5.77. The Hall–Kier alpha value is -4.98. The Kier molecular flexibility index (Phi) is 11.9. The first-order valence-corrected chi connectivity index (χ1v) is 17.1. The van der Waals surface area contributed by atoms with Gasteiger partial charge >= 0.3 is 17.9 Å². The molecule has 1 fully saturated rings. The molecule has 2 aromatic heterocycles. The van der Waals surface area contributed by atoms with Crippen LogP contribution in [-0.2, 0) is 53.6 Å². The number of fused-ring (bicyclic) bond motifs is 1. The average molecular weight is 734 g/mol. The molecule has 2 atom stereocenters. The van der Waals surface area contributed by atoms with Crippen molar-refractivity contribution in [2.45, 2.75) is 70.4 Å². The van der Waals surface area contributed by atoms with Crippen molar-refractivity contribution >= 4 is 75.7 Å². The molecule has 5 N–H and O–H groups in total. The van der Waals surface area contributed by atoms with E-state index in [9.17, 15) is 39.0 Å². The van der Waals surface area contributed by atoms with Crippen molar-refractivity contribution in [1.29, 1.82) is 0 Å². The third kappa shape index (κ3) is 8.59. The summed E-state index contributed by atoms with van der Waals surface area (Å²) in [6.07, 6.45) is 3.42. The van der Waals surface area contributed by atoms with Crippen molar-refractivity contribution in [3.63, 3.8) is 0 Å². The number of anilines is 1. The number of aromatic nitrogens is 4. The topological polar surface area (TPSA) is 261 Å². The van der Waals surface area contributed by atoms with Crippen molar-refractivity contribution in [2.24, 2.45) is 23.1 Å². The second-order valence-corrected chi connectivity index (χ2v) is 14.0. The number of hydrogen-bond acceptors (Lipinski definition) is 14. The zero-order valence-corrected chi connectivity index (χ0v) is 29.3. The maximum atomic E-state index is 13.4. The van der Waals surface area contributed by atoms with Gasteiger partial charge in [0, 0.05) is 54.9 Å². The Morgan fingerprint density at radius 2 is 1.94 bits per heavy atom. The summed E-state index contributed by atoms with van der Waals surface area (Å²) in [6, 6.07) is 0. The molecular weight excluding hydrogens is 697 g/mol. The molecule has 0 saturated carbocycles. The van der Waals surface area contributed by atoms with Crippen LogP contribution in [0.3, 0.4) is 0 Å². The summed E-state index contributed by atoms with van der Waals surface area (Å²) in [7, 11) is 1.78. The molecule has 2 aliphatic rings. The van der Waals surface area contributed by atoms with Crippen molar-refractivity contribution in [3.05, 3.63) is 34.5 Å². The van der Waals surface area contributed by atoms with Crippen LogP contribution in [0, 0.1) is 12.8 Å². The number of carboxylic acid groups (broad SMARTS) is 3. The molecule has 1 saturated heterocycles. The number of Topliss-reactive ketones (excluding diaryl/α,β-unsaturated/α-hetero) is 2. The van der Waals surface area contributed by atoms with Crippen LogP contribution in [0.5, 0.6) is 0 Å². The number of carboxylic acids is 3. The number of nitrogens with two attached hydrogens (primary N) is 1. The third-order valence-electron chi connectivity index (χ3n) is 8.08. The van der Waals surface area contributed by atoms with Crippen LogP contribution < -0.4 is 10.4 Å². The van der Waals surface area contributed by atoms with E-state index >= 15 is 0 Å². The lowest BCUT2D eigenvalue weighted by Gasteiger charge is -2.49. The molecule has 4 rings (SSSR count). The monoisotopic (exact) mass is 733 g/mol. The van der Waals surface area contributed by atoms with E-state index in [4.69, 9.17) is 15.7 Å². The first-order chi connectivity index (χ1) is 23.5. The number of nitrogen functional groups attached to an aromatic ring is 1. The van der Waals surface area contributed by atoms with Crippen molar-refractivity contribution < 1.29 is 53.6 Å². The fourth-order valence-electron chi connectivity index (χ4n) is 5.17. The highest BCUT2D eigenvalue weighted by atomic mass is 32.2. The molecule has 2 aromatic rings. The summed E-state index contributed by atoms with van der Waals surface area (Å²) in [5, 5.41) is 31.3. The minimum atomic E-state index is -1.79. The smallest absolute Gasteiger partial charge is 0.352 e. The molecule has 18 nitrogen and oxygen atoms in total. The van der Waals surface area contributed by atoms with Crippen LogP contribution in [0.2, 0.25) is 0 Å². The number of oxime groups is 1. The van der Waals surface area contributed by atoms with Crippen LogP contribution >= 0.6 is 23.3 Å². The van der Waals surface area contributed by atoms with Gasteiger partial charge in [0.25, 0.3) is 0 Å². The molecule has 20 heteroatoms. The van der Waals surface area contributed by atoms with Crippen LogP contribution in [0.1, 0.15) is 56.6 Å². The molecule has 268 valence electrons. The number of aliphatic imine (C=N–C) groups is 1. The molecule has 2 aliphatic heterocycles. The number of thioether (sulfide) groups is 1. The van der Waals surface area contributed by atoms with E-state index < -0.39 is 52.2 Å². The highest BCUT2D eigenvalue weighted by Gasteiger charge is 2.54. The van der Waals surface area contributed by atoms with Gasteiger partial charge < -0.3 is 25.9 Å². The number of ketones is 2. The minimum Gasteiger partial charge on any atom is -0.481 e. The maximum Gasteiger partial charge on any atom is 0.352 e. The van der Waals surface area contributed by atoms with Gasteiger partial charge in [0.2, 0.25) is 17.3 Å². The molecule has 0 spiro atoms. The van der Waals surface area contributed by atoms with Gasteiger partial charge in [-0.3, -0.25) is 29.1 Å². The van der Waals surface area contributed by atoms with E-state index in [0.717, 1.165) is 22.8 Å². The van der Waals surface area contributed by atoms with Crippen LogP contribution in [0.15, 0.2) is 27.6 Å². The Morgan fingerprint density at radius 1 is 1.22 bits per heavy atom. The quantitative estimate of drug-likeness (QED) is 0.0538. The number of β-lactam (4-membered cyclic amide) rings is 1. The average Bonchev–Trinajstić information content (AvgIpc) is 3.58. The Bertz CT molecular complexity index is 1810. The Balaban J connectivity index is 1.46. The molecule has 50 heavy (non-hydrogen) atoms. The van der Waals surface area contributed by atoms with Crippen molar-refractivity contribution in [3.8, 4) is 0 Å². The van der Waals surface area contributed by atoms with Gasteiger partial charge in [-0.25, -0.2) is 9.59 Å². The van der Waals surface area contributed by atoms with Gasteiger partial charge in [0.05, 0.1) is 36.0 Å². The van der Waals surface area contributed by atoms with Gasteiger partial charge in [-0.05, 0) is 27.2 Å². The van der Waals surface area contributed by atoms with Gasteiger partial charge in [0.15, 0.2) is 29.4 Å². The molecule has 0 aliphatic carbocycles. The predicted octanol–water partition coefficient (Wildman–Crippen LogP) is 0.605. The zero-order chi connectivity index (χ0) is 36.9. The molecule has 1 amide bonds. The van der Waals surface area contributed by atoms with E-state index in [0.29, 0.717) is 18.5 Å². The number of aliphatic carboxylic acids is 3. The SMILES string of the molecule is Cc1c(CC(=O)CCCN=CCC(=O)O)c[n+](CC2=C(C(=O)O)N3C(=O)[C@@H](CC(=O)/C(=N\OC(C)(C)C(=O)O)c4nsc(N)n4)[C@H]3SC2)n1C. The van der Waals surface area contributed by atoms with Gasteiger partial charge in [0.1, 0.15) is 11.5 Å². The first-order valence-electron chi connectivity index (χ1n) is 15.3. The van der Waals surface area contributed by atoms with Crippen molar-refractivity contribution in [1.82, 2.24) is 18.9 Å². The normalized spacial score (nSPS) is 17.9. The Morgan fingerprint density at radius 3 is 2.56 bits per heavy atom. The summed E-state index contributed by atoms with van der Waals surface area (Å²) in [6.45, 7) is 4.78. The zero-order valence-electron chi connectivity index (χ0n) is 27.7. The second kappa shape index (κ2) is 15.7. The predicted molar refractivity (Wildman–Crippen MR) is 178 cm³/mol. The number of nitrogens with zero attached hydrogens (tertiary/aromatic N) is 7. The summed E-state index contributed by atoms with van der Waals surface area (Å²) in [5.41, 5.74) is 5.31. The number of carbonyl (C=O) groups excluding carboxylic acids is 3. The Labute approximate surface area is 293 Å². The molecule has 0 unspecified atom stereocenters. The molecule has 0 bridgehead atoms. The van der Waals surface area contributed by atoms with Gasteiger partial charge in [-0.15, -0.1) is 16.4 Å². The van der Waals surface area contributed by atoms with E-state index in [1.165, 1.54) is 36.7 Å². The van der Waals surface area contributed by atoms with E-state index in [1.54, 1.807) is 22.6 Å².